The molecule has 1 N–H and O–H groups in total. The standard InChI is InChI=1S/C17H19N3O2S/c1-17(2,3)13-7-9-14(10-8-13)23(21,22)19-15-12-20-11-5-4-6-16(20)18-15/h4-12,19H,1-3H3. The molecule has 0 bridgehead atoms. The summed E-state index contributed by atoms with van der Waals surface area (Å²) in [5.74, 6) is 0.302. The van der Waals surface area contributed by atoms with E-state index in [1.807, 2.05) is 36.5 Å². The fourth-order valence-corrected chi connectivity index (χ4v) is 3.30. The van der Waals surface area contributed by atoms with Crippen LogP contribution in [0.4, 0.5) is 5.82 Å². The Morgan fingerprint density at radius 1 is 1.04 bits per heavy atom. The summed E-state index contributed by atoms with van der Waals surface area (Å²) in [7, 11) is -3.65. The number of hydrogen-bond acceptors (Lipinski definition) is 3. The molecule has 0 aliphatic carbocycles. The lowest BCUT2D eigenvalue weighted by Gasteiger charge is -2.19. The Hall–Kier alpha value is -2.34. The lowest BCUT2D eigenvalue weighted by Crippen LogP contribution is -2.15. The van der Waals surface area contributed by atoms with E-state index >= 15 is 0 Å². The van der Waals surface area contributed by atoms with Crippen LogP contribution < -0.4 is 4.72 Å². The number of nitrogens with zero attached hydrogens (tertiary/aromatic N) is 2. The zero-order chi connectivity index (χ0) is 16.7. The molecule has 0 spiro atoms. The maximum atomic E-state index is 12.5. The van der Waals surface area contributed by atoms with Gasteiger partial charge in [-0.2, -0.15) is 0 Å². The summed E-state index contributed by atoms with van der Waals surface area (Å²) in [6, 6.07) is 12.5. The highest BCUT2D eigenvalue weighted by atomic mass is 32.2. The summed E-state index contributed by atoms with van der Waals surface area (Å²) in [5.41, 5.74) is 1.76. The summed E-state index contributed by atoms with van der Waals surface area (Å²) >= 11 is 0. The third kappa shape index (κ3) is 3.22. The molecule has 0 aliphatic heterocycles. The quantitative estimate of drug-likeness (QED) is 0.800. The monoisotopic (exact) mass is 329 g/mol. The van der Waals surface area contributed by atoms with Gasteiger partial charge in [0.2, 0.25) is 0 Å². The smallest absolute Gasteiger partial charge is 0.263 e. The topological polar surface area (TPSA) is 63.5 Å². The average Bonchev–Trinajstić information content (AvgIpc) is 2.87. The summed E-state index contributed by atoms with van der Waals surface area (Å²) < 4.78 is 29.2. The molecule has 1 aromatic carbocycles. The minimum Gasteiger partial charge on any atom is -0.305 e. The van der Waals surface area contributed by atoms with Crippen molar-refractivity contribution in [1.82, 2.24) is 9.38 Å². The van der Waals surface area contributed by atoms with Crippen molar-refractivity contribution in [2.75, 3.05) is 4.72 Å². The largest absolute Gasteiger partial charge is 0.305 e. The summed E-state index contributed by atoms with van der Waals surface area (Å²) in [6.07, 6.45) is 3.47. The van der Waals surface area contributed by atoms with Crippen molar-refractivity contribution >= 4 is 21.5 Å². The first-order chi connectivity index (χ1) is 10.8. The molecule has 0 saturated carbocycles. The van der Waals surface area contributed by atoms with Gasteiger partial charge in [0.05, 0.1) is 11.1 Å². The van der Waals surface area contributed by atoms with Crippen LogP contribution in [0.2, 0.25) is 0 Å². The summed E-state index contributed by atoms with van der Waals surface area (Å²) in [5, 5.41) is 0. The molecule has 0 saturated heterocycles. The molecule has 5 nitrogen and oxygen atoms in total. The minimum atomic E-state index is -3.65. The highest BCUT2D eigenvalue weighted by molar-refractivity contribution is 7.92. The number of fused-ring (bicyclic) bond motifs is 1. The SMILES string of the molecule is CC(C)(C)c1ccc(S(=O)(=O)Nc2cn3ccccc3n2)cc1. The molecular weight excluding hydrogens is 310 g/mol. The molecule has 0 radical (unpaired) electrons. The van der Waals surface area contributed by atoms with Crippen LogP contribution in [-0.4, -0.2) is 17.8 Å². The van der Waals surface area contributed by atoms with Crippen LogP contribution in [0.15, 0.2) is 59.8 Å². The van der Waals surface area contributed by atoms with Crippen LogP contribution in [0.5, 0.6) is 0 Å². The number of imidazole rings is 1. The number of rotatable bonds is 3. The summed E-state index contributed by atoms with van der Waals surface area (Å²) in [6.45, 7) is 6.27. The molecule has 0 unspecified atom stereocenters. The molecule has 0 aliphatic rings. The van der Waals surface area contributed by atoms with Crippen molar-refractivity contribution < 1.29 is 8.42 Å². The van der Waals surface area contributed by atoms with Gasteiger partial charge >= 0.3 is 0 Å². The Labute approximate surface area is 136 Å². The van der Waals surface area contributed by atoms with E-state index in [0.29, 0.717) is 11.5 Å². The van der Waals surface area contributed by atoms with E-state index in [1.54, 1.807) is 22.7 Å². The van der Waals surface area contributed by atoms with E-state index in [2.05, 4.69) is 30.5 Å². The molecule has 23 heavy (non-hydrogen) atoms. The van der Waals surface area contributed by atoms with Crippen molar-refractivity contribution in [3.63, 3.8) is 0 Å². The molecule has 6 heteroatoms. The number of nitrogens with one attached hydrogen (secondary N) is 1. The van der Waals surface area contributed by atoms with Crippen LogP contribution in [0.1, 0.15) is 26.3 Å². The van der Waals surface area contributed by atoms with Crippen molar-refractivity contribution in [2.24, 2.45) is 0 Å². The number of aromatic nitrogens is 2. The van der Waals surface area contributed by atoms with Crippen LogP contribution in [-0.2, 0) is 15.4 Å². The first-order valence-electron chi connectivity index (χ1n) is 7.33. The van der Waals surface area contributed by atoms with Crippen LogP contribution >= 0.6 is 0 Å². The molecule has 2 aromatic heterocycles. The van der Waals surface area contributed by atoms with Gasteiger partial charge in [0.15, 0.2) is 5.82 Å². The van der Waals surface area contributed by atoms with Crippen LogP contribution in [0.25, 0.3) is 5.65 Å². The van der Waals surface area contributed by atoms with Gasteiger partial charge in [-0.25, -0.2) is 13.4 Å². The predicted octanol–water partition coefficient (Wildman–Crippen LogP) is 3.43. The van der Waals surface area contributed by atoms with E-state index < -0.39 is 10.0 Å². The van der Waals surface area contributed by atoms with Gasteiger partial charge in [-0.15, -0.1) is 0 Å². The van der Waals surface area contributed by atoms with Gasteiger partial charge in [0.1, 0.15) is 5.65 Å². The lowest BCUT2D eigenvalue weighted by molar-refractivity contribution is 0.587. The van der Waals surface area contributed by atoms with E-state index in [1.165, 1.54) is 0 Å². The molecular formula is C17H19N3O2S. The van der Waals surface area contributed by atoms with Gasteiger partial charge in [-0.1, -0.05) is 39.0 Å². The Kier molecular flexibility index (Phi) is 3.64. The Morgan fingerprint density at radius 3 is 2.35 bits per heavy atom. The highest BCUT2D eigenvalue weighted by Crippen LogP contribution is 2.24. The second-order valence-corrected chi connectivity index (χ2v) is 8.15. The maximum Gasteiger partial charge on any atom is 0.263 e. The van der Waals surface area contributed by atoms with Gasteiger partial charge in [-0.05, 0) is 35.2 Å². The predicted molar refractivity (Wildman–Crippen MR) is 91.1 cm³/mol. The van der Waals surface area contributed by atoms with Crippen molar-refractivity contribution in [2.45, 2.75) is 31.1 Å². The third-order valence-corrected chi connectivity index (χ3v) is 5.00. The van der Waals surface area contributed by atoms with E-state index in [-0.39, 0.29) is 10.3 Å². The molecule has 3 rings (SSSR count). The third-order valence-electron chi connectivity index (χ3n) is 3.63. The summed E-state index contributed by atoms with van der Waals surface area (Å²) in [4.78, 5) is 4.48. The molecule has 120 valence electrons. The van der Waals surface area contributed by atoms with Gasteiger partial charge in [0, 0.05) is 6.20 Å². The second kappa shape index (κ2) is 5.38. The number of pyridine rings is 1. The van der Waals surface area contributed by atoms with Crippen molar-refractivity contribution in [1.29, 1.82) is 0 Å². The van der Waals surface area contributed by atoms with E-state index in [4.69, 9.17) is 0 Å². The lowest BCUT2D eigenvalue weighted by atomic mass is 9.87. The van der Waals surface area contributed by atoms with Gasteiger partial charge in [-0.3, -0.25) is 4.72 Å². The zero-order valence-corrected chi connectivity index (χ0v) is 14.1. The second-order valence-electron chi connectivity index (χ2n) is 6.47. The van der Waals surface area contributed by atoms with Gasteiger partial charge < -0.3 is 4.40 Å². The van der Waals surface area contributed by atoms with Crippen molar-refractivity contribution in [3.8, 4) is 0 Å². The zero-order valence-electron chi connectivity index (χ0n) is 13.3. The average molecular weight is 329 g/mol. The maximum absolute atomic E-state index is 12.5. The Balaban J connectivity index is 1.89. The Morgan fingerprint density at radius 2 is 1.74 bits per heavy atom. The van der Waals surface area contributed by atoms with Gasteiger partial charge in [0.25, 0.3) is 10.0 Å². The number of anilines is 1. The van der Waals surface area contributed by atoms with E-state index in [9.17, 15) is 8.42 Å². The molecule has 0 atom stereocenters. The highest BCUT2D eigenvalue weighted by Gasteiger charge is 2.18. The Bertz CT molecular complexity index is 903. The molecule has 0 amide bonds. The van der Waals surface area contributed by atoms with E-state index in [0.717, 1.165) is 5.56 Å². The first-order valence-corrected chi connectivity index (χ1v) is 8.81. The fourth-order valence-electron chi connectivity index (χ4n) is 2.31. The first kappa shape index (κ1) is 15.6. The molecule has 3 aromatic rings. The van der Waals surface area contributed by atoms with Crippen LogP contribution in [0, 0.1) is 0 Å². The molecule has 2 heterocycles. The fraction of sp³-hybridized carbons (Fsp3) is 0.235. The molecule has 0 fully saturated rings. The van der Waals surface area contributed by atoms with Crippen molar-refractivity contribution in [3.05, 3.63) is 60.4 Å². The normalized spacial score (nSPS) is 12.5. The number of sulfonamides is 1. The van der Waals surface area contributed by atoms with Crippen LogP contribution in [0.3, 0.4) is 0 Å². The number of benzene rings is 1. The number of hydrogen-bond donors (Lipinski definition) is 1. The minimum absolute atomic E-state index is 0.0165.